The Balaban J connectivity index is 1.93. The fourth-order valence-electron chi connectivity index (χ4n) is 2.39. The number of halogens is 1. The summed E-state index contributed by atoms with van der Waals surface area (Å²) in [5.41, 5.74) is 3.49. The number of aliphatic hydroxyl groups is 1. The Hall–Kier alpha value is -2.70. The predicted molar refractivity (Wildman–Crippen MR) is 105 cm³/mol. The highest BCUT2D eigenvalue weighted by molar-refractivity contribution is 6.33. The molecule has 0 aliphatic heterocycles. The van der Waals surface area contributed by atoms with Gasteiger partial charge in [0.2, 0.25) is 5.95 Å². The van der Waals surface area contributed by atoms with Gasteiger partial charge in [-0.25, -0.2) is 4.98 Å². The van der Waals surface area contributed by atoms with Crippen molar-refractivity contribution in [3.05, 3.63) is 59.4 Å². The zero-order valence-electron chi connectivity index (χ0n) is 14.4. The van der Waals surface area contributed by atoms with E-state index in [9.17, 15) is 0 Å². The van der Waals surface area contributed by atoms with Crippen molar-refractivity contribution in [1.82, 2.24) is 15.0 Å². The first-order valence-corrected chi connectivity index (χ1v) is 8.71. The van der Waals surface area contributed by atoms with Crippen molar-refractivity contribution in [2.45, 2.75) is 13.3 Å². The summed E-state index contributed by atoms with van der Waals surface area (Å²) in [7, 11) is 0. The van der Waals surface area contributed by atoms with Gasteiger partial charge < -0.3 is 15.7 Å². The van der Waals surface area contributed by atoms with Crippen LogP contribution in [0.1, 0.15) is 12.0 Å². The minimum Gasteiger partial charge on any atom is -0.396 e. The van der Waals surface area contributed by atoms with Crippen LogP contribution in [0.3, 0.4) is 0 Å². The highest BCUT2D eigenvalue weighted by Gasteiger charge is 2.09. The van der Waals surface area contributed by atoms with Crippen molar-refractivity contribution in [2.24, 2.45) is 0 Å². The maximum absolute atomic E-state index is 8.96. The minimum atomic E-state index is 0.110. The molecular formula is C19H20ClN5O. The van der Waals surface area contributed by atoms with Gasteiger partial charge in [0, 0.05) is 37.2 Å². The van der Waals surface area contributed by atoms with Gasteiger partial charge >= 0.3 is 0 Å². The van der Waals surface area contributed by atoms with Gasteiger partial charge in [-0.2, -0.15) is 4.98 Å². The molecule has 2 heterocycles. The summed E-state index contributed by atoms with van der Waals surface area (Å²) < 4.78 is 0. The van der Waals surface area contributed by atoms with Crippen LogP contribution < -0.4 is 10.6 Å². The summed E-state index contributed by atoms with van der Waals surface area (Å²) >= 11 is 6.32. The van der Waals surface area contributed by atoms with Crippen molar-refractivity contribution >= 4 is 29.1 Å². The summed E-state index contributed by atoms with van der Waals surface area (Å²) in [5, 5.41) is 16.0. The Labute approximate surface area is 157 Å². The molecule has 2 aromatic heterocycles. The molecule has 0 fully saturated rings. The van der Waals surface area contributed by atoms with Gasteiger partial charge in [-0.1, -0.05) is 17.7 Å². The molecule has 1 aromatic carbocycles. The number of aryl methyl sites for hydroxylation is 1. The van der Waals surface area contributed by atoms with Crippen LogP contribution in [0.2, 0.25) is 5.02 Å². The van der Waals surface area contributed by atoms with Gasteiger partial charge in [0.1, 0.15) is 5.82 Å². The quantitative estimate of drug-likeness (QED) is 0.545. The molecular weight excluding hydrogens is 350 g/mol. The molecule has 3 N–H and O–H groups in total. The molecule has 0 saturated heterocycles. The summed E-state index contributed by atoms with van der Waals surface area (Å²) in [6.07, 6.45) is 4.09. The molecule has 0 aliphatic rings. The highest BCUT2D eigenvalue weighted by Crippen LogP contribution is 2.28. The lowest BCUT2D eigenvalue weighted by Crippen LogP contribution is -2.08. The highest BCUT2D eigenvalue weighted by atomic mass is 35.5. The van der Waals surface area contributed by atoms with Gasteiger partial charge in [-0.3, -0.25) is 4.98 Å². The third-order valence-corrected chi connectivity index (χ3v) is 4.00. The predicted octanol–water partition coefficient (Wildman–Crippen LogP) is 4.04. The van der Waals surface area contributed by atoms with Crippen molar-refractivity contribution < 1.29 is 5.11 Å². The second kappa shape index (κ2) is 8.60. The smallest absolute Gasteiger partial charge is 0.225 e. The van der Waals surface area contributed by atoms with E-state index in [1.807, 2.05) is 43.3 Å². The number of hydrogen-bond donors (Lipinski definition) is 3. The Morgan fingerprint density at radius 2 is 2.04 bits per heavy atom. The maximum Gasteiger partial charge on any atom is 0.225 e. The molecule has 7 heteroatoms. The zero-order chi connectivity index (χ0) is 18.4. The molecule has 134 valence electrons. The van der Waals surface area contributed by atoms with E-state index in [2.05, 4.69) is 25.6 Å². The van der Waals surface area contributed by atoms with Crippen LogP contribution in [-0.2, 0) is 0 Å². The topological polar surface area (TPSA) is 83.0 Å². The molecule has 0 aliphatic carbocycles. The first-order chi connectivity index (χ1) is 12.7. The van der Waals surface area contributed by atoms with E-state index >= 15 is 0 Å². The summed E-state index contributed by atoms with van der Waals surface area (Å²) in [4.78, 5) is 13.2. The van der Waals surface area contributed by atoms with E-state index in [1.54, 1.807) is 12.4 Å². The minimum absolute atomic E-state index is 0.110. The number of anilines is 3. The molecule has 0 unspecified atom stereocenters. The fourth-order valence-corrected chi connectivity index (χ4v) is 2.67. The third kappa shape index (κ3) is 4.68. The van der Waals surface area contributed by atoms with Crippen molar-refractivity contribution in [3.8, 4) is 11.3 Å². The number of rotatable bonds is 7. The van der Waals surface area contributed by atoms with Gasteiger partial charge in [-0.05, 0) is 43.2 Å². The molecule has 0 amide bonds. The van der Waals surface area contributed by atoms with Crippen LogP contribution in [0.15, 0.2) is 48.8 Å². The number of pyridine rings is 1. The van der Waals surface area contributed by atoms with E-state index < -0.39 is 0 Å². The van der Waals surface area contributed by atoms with Crippen LogP contribution in [-0.4, -0.2) is 33.2 Å². The van der Waals surface area contributed by atoms with E-state index in [4.69, 9.17) is 16.7 Å². The number of aromatic nitrogens is 3. The van der Waals surface area contributed by atoms with Crippen molar-refractivity contribution in [3.63, 3.8) is 0 Å². The van der Waals surface area contributed by atoms with Gasteiger partial charge in [-0.15, -0.1) is 0 Å². The van der Waals surface area contributed by atoms with Crippen LogP contribution >= 0.6 is 11.6 Å². The number of hydrogen-bond acceptors (Lipinski definition) is 6. The number of nitrogens with one attached hydrogen (secondary N) is 2. The monoisotopic (exact) mass is 369 g/mol. The average molecular weight is 370 g/mol. The second-order valence-electron chi connectivity index (χ2n) is 5.82. The Bertz CT molecular complexity index is 873. The van der Waals surface area contributed by atoms with Crippen molar-refractivity contribution in [2.75, 3.05) is 23.8 Å². The van der Waals surface area contributed by atoms with E-state index in [1.165, 1.54) is 0 Å². The summed E-state index contributed by atoms with van der Waals surface area (Å²) in [6, 6.07) is 11.5. The SMILES string of the molecule is Cc1ccc(Nc2cc(-c3cccnc3)nc(NCCCO)n2)c(Cl)c1. The van der Waals surface area contributed by atoms with Crippen molar-refractivity contribution in [1.29, 1.82) is 0 Å². The molecule has 26 heavy (non-hydrogen) atoms. The molecule has 0 radical (unpaired) electrons. The Kier molecular flexibility index (Phi) is 5.99. The molecule has 3 aromatic rings. The number of aliphatic hydroxyl groups excluding tert-OH is 1. The lowest BCUT2D eigenvalue weighted by molar-refractivity contribution is 0.292. The normalized spacial score (nSPS) is 10.6. The van der Waals surface area contributed by atoms with Gasteiger partial charge in [0.25, 0.3) is 0 Å². The van der Waals surface area contributed by atoms with Crippen LogP contribution in [0.5, 0.6) is 0 Å². The maximum atomic E-state index is 8.96. The van der Waals surface area contributed by atoms with Crippen LogP contribution in [0, 0.1) is 6.92 Å². The fraction of sp³-hybridized carbons (Fsp3) is 0.211. The summed E-state index contributed by atoms with van der Waals surface area (Å²) in [6.45, 7) is 2.68. The number of benzene rings is 1. The van der Waals surface area contributed by atoms with Crippen LogP contribution in [0.25, 0.3) is 11.3 Å². The standard InChI is InChI=1S/C19H20ClN5O/c1-13-5-6-16(15(20)10-13)23-18-11-17(14-4-2-7-21-12-14)24-19(25-18)22-8-3-9-26/h2,4-7,10-12,26H,3,8-9H2,1H3,(H2,22,23,24,25). The first kappa shape index (κ1) is 18.1. The Morgan fingerprint density at radius 1 is 1.15 bits per heavy atom. The molecule has 3 rings (SSSR count). The third-order valence-electron chi connectivity index (χ3n) is 3.69. The zero-order valence-corrected chi connectivity index (χ0v) is 15.2. The molecule has 0 atom stereocenters. The van der Waals surface area contributed by atoms with E-state index in [0.29, 0.717) is 29.8 Å². The van der Waals surface area contributed by atoms with Gasteiger partial charge in [0.05, 0.1) is 16.4 Å². The summed E-state index contributed by atoms with van der Waals surface area (Å²) in [5.74, 6) is 1.10. The van der Waals surface area contributed by atoms with E-state index in [0.717, 1.165) is 22.5 Å². The molecule has 0 spiro atoms. The lowest BCUT2D eigenvalue weighted by atomic mass is 10.2. The molecule has 6 nitrogen and oxygen atoms in total. The average Bonchev–Trinajstić information content (AvgIpc) is 2.65. The van der Waals surface area contributed by atoms with Crippen LogP contribution in [0.4, 0.5) is 17.5 Å². The largest absolute Gasteiger partial charge is 0.396 e. The molecule has 0 saturated carbocycles. The Morgan fingerprint density at radius 3 is 2.77 bits per heavy atom. The number of nitrogens with zero attached hydrogens (tertiary/aromatic N) is 3. The van der Waals surface area contributed by atoms with E-state index in [-0.39, 0.29) is 6.61 Å². The first-order valence-electron chi connectivity index (χ1n) is 8.33. The molecule has 0 bridgehead atoms. The van der Waals surface area contributed by atoms with Gasteiger partial charge in [0.15, 0.2) is 0 Å². The second-order valence-corrected chi connectivity index (χ2v) is 6.22. The lowest BCUT2D eigenvalue weighted by Gasteiger charge is -2.12.